The number of aliphatic hydroxyl groups is 1. The largest absolute Gasteiger partial charge is 0.392 e. The third-order valence-corrected chi connectivity index (χ3v) is 3.43. The van der Waals surface area contributed by atoms with Crippen LogP contribution in [0.2, 0.25) is 0 Å². The van der Waals surface area contributed by atoms with Gasteiger partial charge in [0.25, 0.3) is 0 Å². The number of fused-ring (bicyclic) bond motifs is 1. The second-order valence-corrected chi connectivity index (χ2v) is 5.11. The molecule has 0 saturated heterocycles. The van der Waals surface area contributed by atoms with Gasteiger partial charge in [-0.15, -0.1) is 0 Å². The topological polar surface area (TPSA) is 53.3 Å². The van der Waals surface area contributed by atoms with Crippen molar-refractivity contribution in [1.29, 1.82) is 0 Å². The maximum absolute atomic E-state index is 9.07. The van der Waals surface area contributed by atoms with Crippen molar-refractivity contribution < 1.29 is 5.11 Å². The van der Waals surface area contributed by atoms with Crippen LogP contribution in [0.1, 0.15) is 5.56 Å². The van der Waals surface area contributed by atoms with E-state index in [0.29, 0.717) is 0 Å². The lowest BCUT2D eigenvalue weighted by Gasteiger charge is -2.25. The van der Waals surface area contributed by atoms with Crippen LogP contribution in [0.3, 0.4) is 0 Å². The van der Waals surface area contributed by atoms with Crippen molar-refractivity contribution in [3.05, 3.63) is 42.1 Å². The van der Waals surface area contributed by atoms with Gasteiger partial charge in [-0.2, -0.15) is 0 Å². The average Bonchev–Trinajstić information content (AvgIpc) is 2.90. The van der Waals surface area contributed by atoms with E-state index in [2.05, 4.69) is 21.3 Å². The van der Waals surface area contributed by atoms with Gasteiger partial charge in [-0.1, -0.05) is 24.3 Å². The summed E-state index contributed by atoms with van der Waals surface area (Å²) in [5.41, 5.74) is 2.87. The highest BCUT2D eigenvalue weighted by Gasteiger charge is 2.17. The summed E-state index contributed by atoms with van der Waals surface area (Å²) in [6.07, 6.45) is 6.27. The van der Waals surface area contributed by atoms with Gasteiger partial charge in [0.15, 0.2) is 0 Å². The van der Waals surface area contributed by atoms with E-state index < -0.39 is 0 Å². The summed E-state index contributed by atoms with van der Waals surface area (Å²) in [5, 5.41) is 12.4. The van der Waals surface area contributed by atoms with Gasteiger partial charge in [0, 0.05) is 18.0 Å². The molecule has 0 saturated carbocycles. The zero-order valence-electron chi connectivity index (χ0n) is 11.6. The van der Waals surface area contributed by atoms with Crippen molar-refractivity contribution in [1.82, 2.24) is 14.5 Å². The molecule has 1 unspecified atom stereocenters. The Hall–Kier alpha value is -2.11. The Morgan fingerprint density at radius 2 is 2.05 bits per heavy atom. The quantitative estimate of drug-likeness (QED) is 0.893. The van der Waals surface area contributed by atoms with E-state index in [9.17, 15) is 0 Å². The van der Waals surface area contributed by atoms with Crippen LogP contribution in [0.5, 0.6) is 0 Å². The van der Waals surface area contributed by atoms with Crippen LogP contribution in [-0.4, -0.2) is 39.8 Å². The molecule has 1 aliphatic heterocycles. The second kappa shape index (κ2) is 5.11. The van der Waals surface area contributed by atoms with Crippen molar-refractivity contribution in [3.63, 3.8) is 0 Å². The van der Waals surface area contributed by atoms with Gasteiger partial charge in [-0.3, -0.25) is 9.47 Å². The van der Waals surface area contributed by atoms with Crippen molar-refractivity contribution >= 4 is 12.1 Å². The van der Waals surface area contributed by atoms with Crippen LogP contribution in [0.25, 0.3) is 17.5 Å². The zero-order chi connectivity index (χ0) is 14.1. The number of aromatic nitrogens is 2. The molecule has 1 atom stereocenters. The van der Waals surface area contributed by atoms with E-state index >= 15 is 0 Å². The Labute approximate surface area is 118 Å². The van der Waals surface area contributed by atoms with Crippen LogP contribution in [0, 0.1) is 0 Å². The molecular formula is C15H18N4O. The maximum Gasteiger partial charge on any atom is 0.209 e. The molecule has 1 aliphatic rings. The van der Waals surface area contributed by atoms with Crippen LogP contribution in [0.15, 0.2) is 36.5 Å². The van der Waals surface area contributed by atoms with Gasteiger partial charge in [-0.05, 0) is 25.7 Å². The first kappa shape index (κ1) is 12.9. The highest BCUT2D eigenvalue weighted by molar-refractivity contribution is 5.63. The first-order chi connectivity index (χ1) is 9.67. The van der Waals surface area contributed by atoms with E-state index in [4.69, 9.17) is 5.11 Å². The highest BCUT2D eigenvalue weighted by atomic mass is 16.3. The molecule has 0 aliphatic carbocycles. The van der Waals surface area contributed by atoms with Crippen LogP contribution in [0.4, 0.5) is 5.95 Å². The molecule has 0 amide bonds. The van der Waals surface area contributed by atoms with Crippen LogP contribution < -0.4 is 5.32 Å². The first-order valence-corrected chi connectivity index (χ1v) is 6.58. The van der Waals surface area contributed by atoms with Crippen molar-refractivity contribution in [2.75, 3.05) is 19.4 Å². The molecular weight excluding hydrogens is 252 g/mol. The standard InChI is InChI=1S/C15H18N4O/c1-18(2)14-7-8-19-9-13(16-15(19)17-14)12-5-3-11(10-20)4-6-12/h3-9,14,20H,10H2,1-2H3,(H,16,17). The number of anilines is 1. The summed E-state index contributed by atoms with van der Waals surface area (Å²) in [4.78, 5) is 6.71. The predicted molar refractivity (Wildman–Crippen MR) is 80.0 cm³/mol. The van der Waals surface area contributed by atoms with Gasteiger partial charge >= 0.3 is 0 Å². The molecule has 104 valence electrons. The molecule has 2 aromatic rings. The predicted octanol–water partition coefficient (Wildman–Crippen LogP) is 1.83. The Morgan fingerprint density at radius 3 is 2.70 bits per heavy atom. The number of rotatable bonds is 3. The Kier molecular flexibility index (Phi) is 3.30. The first-order valence-electron chi connectivity index (χ1n) is 6.58. The van der Waals surface area contributed by atoms with Crippen molar-refractivity contribution in [3.8, 4) is 11.3 Å². The minimum atomic E-state index is 0.0643. The SMILES string of the molecule is CN(C)C1C=Cn2cc(-c3ccc(CO)cc3)nc2N1. The Morgan fingerprint density at radius 1 is 1.30 bits per heavy atom. The van der Waals surface area contributed by atoms with Crippen molar-refractivity contribution in [2.24, 2.45) is 0 Å². The van der Waals surface area contributed by atoms with Gasteiger partial charge in [0.1, 0.15) is 6.17 Å². The van der Waals surface area contributed by atoms with E-state index in [-0.39, 0.29) is 12.8 Å². The molecule has 1 aromatic carbocycles. The summed E-state index contributed by atoms with van der Waals surface area (Å²) in [5.74, 6) is 0.840. The summed E-state index contributed by atoms with van der Waals surface area (Å²) < 4.78 is 1.98. The van der Waals surface area contributed by atoms with Crippen molar-refractivity contribution in [2.45, 2.75) is 12.8 Å². The summed E-state index contributed by atoms with van der Waals surface area (Å²) in [6.45, 7) is 0.0643. The number of likely N-dealkylation sites (N-methyl/N-ethyl adjacent to an activating group) is 1. The third-order valence-electron chi connectivity index (χ3n) is 3.43. The number of nitrogens with one attached hydrogen (secondary N) is 1. The molecule has 5 heteroatoms. The zero-order valence-corrected chi connectivity index (χ0v) is 11.6. The Balaban J connectivity index is 1.89. The lowest BCUT2D eigenvalue weighted by molar-refractivity contribution is 0.282. The number of hydrogen-bond donors (Lipinski definition) is 2. The fraction of sp³-hybridized carbons (Fsp3) is 0.267. The van der Waals surface area contributed by atoms with Gasteiger partial charge in [-0.25, -0.2) is 4.98 Å². The summed E-state index contributed by atoms with van der Waals surface area (Å²) >= 11 is 0. The molecule has 0 bridgehead atoms. The number of hydrogen-bond acceptors (Lipinski definition) is 4. The van der Waals surface area contributed by atoms with E-state index in [1.54, 1.807) is 0 Å². The van der Waals surface area contributed by atoms with Gasteiger partial charge < -0.3 is 10.4 Å². The Bertz CT molecular complexity index is 628. The highest BCUT2D eigenvalue weighted by Crippen LogP contribution is 2.24. The fourth-order valence-electron chi connectivity index (χ4n) is 2.19. The number of aliphatic hydroxyl groups excluding tert-OH is 1. The van der Waals surface area contributed by atoms with Crippen LogP contribution in [-0.2, 0) is 6.61 Å². The molecule has 0 radical (unpaired) electrons. The number of nitrogens with zero attached hydrogens (tertiary/aromatic N) is 3. The van der Waals surface area contributed by atoms with E-state index in [1.807, 2.05) is 55.3 Å². The second-order valence-electron chi connectivity index (χ2n) is 5.11. The van der Waals surface area contributed by atoms with Gasteiger partial charge in [0.05, 0.1) is 12.3 Å². The minimum Gasteiger partial charge on any atom is -0.392 e. The fourth-order valence-corrected chi connectivity index (χ4v) is 2.19. The van der Waals surface area contributed by atoms with E-state index in [0.717, 1.165) is 22.8 Å². The normalized spacial score (nSPS) is 17.1. The molecule has 0 spiro atoms. The lowest BCUT2D eigenvalue weighted by Crippen LogP contribution is -2.35. The molecule has 0 fully saturated rings. The molecule has 1 aromatic heterocycles. The molecule has 2 heterocycles. The smallest absolute Gasteiger partial charge is 0.209 e. The van der Waals surface area contributed by atoms with Gasteiger partial charge in [0.2, 0.25) is 5.95 Å². The molecule has 20 heavy (non-hydrogen) atoms. The summed E-state index contributed by atoms with van der Waals surface area (Å²) in [6, 6.07) is 7.79. The number of imidazole rings is 1. The monoisotopic (exact) mass is 270 g/mol. The third kappa shape index (κ3) is 2.33. The molecule has 2 N–H and O–H groups in total. The average molecular weight is 270 g/mol. The maximum atomic E-state index is 9.07. The summed E-state index contributed by atoms with van der Waals surface area (Å²) in [7, 11) is 4.05. The minimum absolute atomic E-state index is 0.0643. The van der Waals surface area contributed by atoms with E-state index in [1.165, 1.54) is 0 Å². The van der Waals surface area contributed by atoms with Crippen LogP contribution >= 0.6 is 0 Å². The lowest BCUT2D eigenvalue weighted by atomic mass is 10.1. The molecule has 3 rings (SSSR count). The molecule has 5 nitrogen and oxygen atoms in total. The number of benzene rings is 1.